The SMILES string of the molecule is CC(C)NC(=O)c1cccc(NCC(=O)Nc2cccc(NC(=O)C(C)C)c2)c1. The van der Waals surface area contributed by atoms with Gasteiger partial charge in [0, 0.05) is 34.6 Å². The highest BCUT2D eigenvalue weighted by Gasteiger charge is 2.10. The smallest absolute Gasteiger partial charge is 0.251 e. The largest absolute Gasteiger partial charge is 0.376 e. The van der Waals surface area contributed by atoms with Gasteiger partial charge in [-0.1, -0.05) is 26.0 Å². The zero-order valence-electron chi connectivity index (χ0n) is 17.2. The minimum atomic E-state index is -0.241. The van der Waals surface area contributed by atoms with Crippen molar-refractivity contribution in [2.24, 2.45) is 5.92 Å². The van der Waals surface area contributed by atoms with Gasteiger partial charge in [0.25, 0.3) is 5.91 Å². The van der Waals surface area contributed by atoms with Crippen molar-refractivity contribution in [2.45, 2.75) is 33.7 Å². The molecule has 2 aromatic carbocycles. The highest BCUT2D eigenvalue weighted by atomic mass is 16.2. The molecule has 4 N–H and O–H groups in total. The fraction of sp³-hybridized carbons (Fsp3) is 0.318. The summed E-state index contributed by atoms with van der Waals surface area (Å²) >= 11 is 0. The first-order chi connectivity index (χ1) is 13.7. The highest BCUT2D eigenvalue weighted by Crippen LogP contribution is 2.16. The molecule has 0 heterocycles. The molecule has 0 bridgehead atoms. The Kier molecular flexibility index (Phi) is 7.77. The Morgan fingerprint density at radius 2 is 1.45 bits per heavy atom. The summed E-state index contributed by atoms with van der Waals surface area (Å²) in [6, 6.07) is 14.0. The third kappa shape index (κ3) is 7.29. The van der Waals surface area contributed by atoms with Gasteiger partial charge in [-0.05, 0) is 50.2 Å². The van der Waals surface area contributed by atoms with Crippen LogP contribution >= 0.6 is 0 Å². The lowest BCUT2D eigenvalue weighted by molar-refractivity contribution is -0.119. The van der Waals surface area contributed by atoms with Crippen LogP contribution in [-0.4, -0.2) is 30.3 Å². The van der Waals surface area contributed by atoms with Crippen molar-refractivity contribution >= 4 is 34.8 Å². The summed E-state index contributed by atoms with van der Waals surface area (Å²) in [6.07, 6.45) is 0. The molecule has 2 aromatic rings. The van der Waals surface area contributed by atoms with Crippen LogP contribution in [0.1, 0.15) is 38.1 Å². The molecule has 0 spiro atoms. The highest BCUT2D eigenvalue weighted by molar-refractivity contribution is 5.97. The van der Waals surface area contributed by atoms with Gasteiger partial charge in [0.2, 0.25) is 11.8 Å². The maximum absolute atomic E-state index is 12.3. The molecule has 0 aliphatic carbocycles. The molecule has 0 fully saturated rings. The van der Waals surface area contributed by atoms with Crippen LogP contribution < -0.4 is 21.3 Å². The van der Waals surface area contributed by atoms with E-state index in [-0.39, 0.29) is 36.2 Å². The van der Waals surface area contributed by atoms with Crippen LogP contribution in [0.25, 0.3) is 0 Å². The maximum atomic E-state index is 12.3. The molecule has 0 atom stereocenters. The number of nitrogens with one attached hydrogen (secondary N) is 4. The van der Waals surface area contributed by atoms with Crippen LogP contribution in [0.3, 0.4) is 0 Å². The summed E-state index contributed by atoms with van der Waals surface area (Å²) in [5, 5.41) is 11.4. The lowest BCUT2D eigenvalue weighted by Gasteiger charge is -2.12. The Bertz CT molecular complexity index is 878. The molecule has 3 amide bonds. The van der Waals surface area contributed by atoms with Crippen LogP contribution in [0, 0.1) is 5.92 Å². The first kappa shape index (κ1) is 21.9. The number of carbonyl (C=O) groups is 3. The molecule has 29 heavy (non-hydrogen) atoms. The van der Waals surface area contributed by atoms with Crippen LogP contribution in [0.15, 0.2) is 48.5 Å². The summed E-state index contributed by atoms with van der Waals surface area (Å²) in [5.41, 5.74) is 2.41. The number of benzene rings is 2. The third-order valence-corrected chi connectivity index (χ3v) is 3.94. The molecule has 7 nitrogen and oxygen atoms in total. The minimum absolute atomic E-state index is 0.0395. The van der Waals surface area contributed by atoms with Crippen molar-refractivity contribution in [2.75, 3.05) is 22.5 Å². The molecule has 0 aliphatic rings. The van der Waals surface area contributed by atoms with E-state index in [1.165, 1.54) is 0 Å². The van der Waals surface area contributed by atoms with Gasteiger partial charge in [-0.25, -0.2) is 0 Å². The number of hydrogen-bond acceptors (Lipinski definition) is 4. The van der Waals surface area contributed by atoms with Crippen molar-refractivity contribution in [3.63, 3.8) is 0 Å². The van der Waals surface area contributed by atoms with Gasteiger partial charge >= 0.3 is 0 Å². The Balaban J connectivity index is 1.92. The van der Waals surface area contributed by atoms with Gasteiger partial charge < -0.3 is 21.3 Å². The Hall–Kier alpha value is -3.35. The number of rotatable bonds is 8. The maximum Gasteiger partial charge on any atom is 0.251 e. The summed E-state index contributed by atoms with van der Waals surface area (Å²) in [4.78, 5) is 36.1. The van der Waals surface area contributed by atoms with E-state index in [9.17, 15) is 14.4 Å². The van der Waals surface area contributed by atoms with Crippen molar-refractivity contribution in [3.05, 3.63) is 54.1 Å². The fourth-order valence-corrected chi connectivity index (χ4v) is 2.46. The van der Waals surface area contributed by atoms with Crippen LogP contribution in [-0.2, 0) is 9.59 Å². The minimum Gasteiger partial charge on any atom is -0.376 e. The van der Waals surface area contributed by atoms with Gasteiger partial charge in [-0.2, -0.15) is 0 Å². The molecule has 7 heteroatoms. The molecule has 0 saturated heterocycles. The average molecular weight is 396 g/mol. The van der Waals surface area contributed by atoms with E-state index in [2.05, 4.69) is 21.3 Å². The van der Waals surface area contributed by atoms with Crippen molar-refractivity contribution in [1.29, 1.82) is 0 Å². The van der Waals surface area contributed by atoms with E-state index in [1.807, 2.05) is 27.7 Å². The summed E-state index contributed by atoms with van der Waals surface area (Å²) in [5.74, 6) is -0.616. The Labute approximate surface area is 171 Å². The van der Waals surface area contributed by atoms with Gasteiger partial charge in [0.05, 0.1) is 6.54 Å². The molecule has 0 unspecified atom stereocenters. The molecular formula is C22H28N4O3. The number of amides is 3. The molecule has 0 aliphatic heterocycles. The van der Waals surface area contributed by atoms with E-state index in [4.69, 9.17) is 0 Å². The second-order valence-electron chi connectivity index (χ2n) is 7.34. The lowest BCUT2D eigenvalue weighted by atomic mass is 10.1. The molecule has 0 radical (unpaired) electrons. The normalized spacial score (nSPS) is 10.6. The van der Waals surface area contributed by atoms with Crippen LogP contribution in [0.2, 0.25) is 0 Å². The van der Waals surface area contributed by atoms with E-state index in [0.717, 1.165) is 0 Å². The van der Waals surface area contributed by atoms with Gasteiger partial charge in [0.15, 0.2) is 0 Å². The summed E-state index contributed by atoms with van der Waals surface area (Å²) < 4.78 is 0. The van der Waals surface area contributed by atoms with Gasteiger partial charge in [-0.3, -0.25) is 14.4 Å². The molecule has 154 valence electrons. The number of carbonyl (C=O) groups excluding carboxylic acids is 3. The molecule has 0 aromatic heterocycles. The topological polar surface area (TPSA) is 99.3 Å². The zero-order chi connectivity index (χ0) is 21.4. The predicted molar refractivity (Wildman–Crippen MR) is 116 cm³/mol. The van der Waals surface area contributed by atoms with E-state index in [0.29, 0.717) is 22.6 Å². The molecular weight excluding hydrogens is 368 g/mol. The monoisotopic (exact) mass is 396 g/mol. The predicted octanol–water partition coefficient (Wildman–Crippen LogP) is 3.47. The van der Waals surface area contributed by atoms with E-state index < -0.39 is 0 Å². The summed E-state index contributed by atoms with van der Waals surface area (Å²) in [7, 11) is 0. The Morgan fingerprint density at radius 3 is 2.10 bits per heavy atom. The molecule has 0 saturated carbocycles. The van der Waals surface area contributed by atoms with Gasteiger partial charge in [0.1, 0.15) is 0 Å². The first-order valence-corrected chi connectivity index (χ1v) is 9.60. The number of anilines is 3. The second-order valence-corrected chi connectivity index (χ2v) is 7.34. The van der Waals surface area contributed by atoms with E-state index in [1.54, 1.807) is 48.5 Å². The third-order valence-electron chi connectivity index (χ3n) is 3.94. The van der Waals surface area contributed by atoms with Gasteiger partial charge in [-0.15, -0.1) is 0 Å². The van der Waals surface area contributed by atoms with Crippen LogP contribution in [0.4, 0.5) is 17.1 Å². The van der Waals surface area contributed by atoms with Crippen molar-refractivity contribution in [1.82, 2.24) is 5.32 Å². The quantitative estimate of drug-likeness (QED) is 0.549. The molecule has 2 rings (SSSR count). The summed E-state index contributed by atoms with van der Waals surface area (Å²) in [6.45, 7) is 7.46. The lowest BCUT2D eigenvalue weighted by Crippen LogP contribution is -2.30. The standard InChI is InChI=1S/C22H28N4O3/c1-14(2)21(28)26-19-10-6-9-18(12-19)25-20(27)13-23-17-8-5-7-16(11-17)22(29)24-15(3)4/h5-12,14-15,23H,13H2,1-4H3,(H,24,29)(H,25,27)(H,26,28). The van der Waals surface area contributed by atoms with Crippen molar-refractivity contribution in [3.8, 4) is 0 Å². The zero-order valence-corrected chi connectivity index (χ0v) is 17.2. The van der Waals surface area contributed by atoms with Crippen molar-refractivity contribution < 1.29 is 14.4 Å². The van der Waals surface area contributed by atoms with E-state index >= 15 is 0 Å². The number of hydrogen-bond donors (Lipinski definition) is 4. The fourth-order valence-electron chi connectivity index (χ4n) is 2.46. The Morgan fingerprint density at radius 1 is 0.828 bits per heavy atom. The average Bonchev–Trinajstić information content (AvgIpc) is 2.66. The second kappa shape index (κ2) is 10.3. The first-order valence-electron chi connectivity index (χ1n) is 9.60. The van der Waals surface area contributed by atoms with Crippen LogP contribution in [0.5, 0.6) is 0 Å².